The molecule has 0 aliphatic carbocycles. The number of thiophene rings is 1. The number of carbonyl (C=O) groups excluding carboxylic acids is 1. The molecule has 9 heteroatoms. The maximum atomic E-state index is 13.2. The van der Waals surface area contributed by atoms with Crippen molar-refractivity contribution in [3.05, 3.63) is 72.4 Å². The van der Waals surface area contributed by atoms with E-state index < -0.39 is 0 Å². The summed E-state index contributed by atoms with van der Waals surface area (Å²) in [7, 11) is 0. The lowest BCUT2D eigenvalue weighted by Crippen LogP contribution is -2.49. The molecule has 0 saturated carbocycles. The summed E-state index contributed by atoms with van der Waals surface area (Å²) in [5.74, 6) is 0.992. The maximum absolute atomic E-state index is 13.2. The van der Waals surface area contributed by atoms with Crippen LogP contribution in [0, 0.1) is 0 Å². The number of anilines is 2. The Balaban J connectivity index is 0.00000195. The van der Waals surface area contributed by atoms with Gasteiger partial charge in [0.25, 0.3) is 5.91 Å². The number of aromatic nitrogens is 2. The van der Waals surface area contributed by atoms with Crippen molar-refractivity contribution in [1.29, 1.82) is 0 Å². The number of hydrogen-bond donors (Lipinski definition) is 0. The molecule has 0 N–H and O–H groups in total. The quantitative estimate of drug-likeness (QED) is 0.177. The van der Waals surface area contributed by atoms with Crippen LogP contribution in [0.4, 0.5) is 11.5 Å². The second-order valence-electron chi connectivity index (χ2n) is 8.81. The van der Waals surface area contributed by atoms with Gasteiger partial charge < -0.3 is 9.80 Å². The van der Waals surface area contributed by atoms with Gasteiger partial charge in [-0.25, -0.2) is 15.0 Å². The molecule has 0 radical (unpaired) electrons. The zero-order valence-electron chi connectivity index (χ0n) is 23.2. The van der Waals surface area contributed by atoms with Crippen molar-refractivity contribution < 1.29 is 4.79 Å². The molecular weight excluding hydrogens is 494 g/mol. The minimum atomic E-state index is -0.0871. The number of amides is 1. The lowest BCUT2D eigenvalue weighted by Gasteiger charge is -2.35. The summed E-state index contributed by atoms with van der Waals surface area (Å²) in [6, 6.07) is 9.57. The summed E-state index contributed by atoms with van der Waals surface area (Å²) in [6.45, 7) is 20.4. The number of hydrogen-bond acceptors (Lipinski definition) is 7. The van der Waals surface area contributed by atoms with Crippen LogP contribution in [-0.4, -0.2) is 59.0 Å². The van der Waals surface area contributed by atoms with Gasteiger partial charge >= 0.3 is 0 Å². The molecule has 38 heavy (non-hydrogen) atoms. The molecule has 2 unspecified atom stereocenters. The summed E-state index contributed by atoms with van der Waals surface area (Å²) in [6.07, 6.45) is 6.17. The van der Waals surface area contributed by atoms with E-state index in [9.17, 15) is 4.79 Å². The Morgan fingerprint density at radius 3 is 2.39 bits per heavy atom. The van der Waals surface area contributed by atoms with Crippen LogP contribution in [0.3, 0.4) is 0 Å². The lowest BCUT2D eigenvalue weighted by atomic mass is 10.1. The molecule has 1 aliphatic rings. The van der Waals surface area contributed by atoms with Crippen LogP contribution in [0.2, 0.25) is 0 Å². The van der Waals surface area contributed by atoms with E-state index >= 15 is 0 Å². The molecule has 0 bridgehead atoms. The predicted octanol–water partition coefficient (Wildman–Crippen LogP) is 6.56. The summed E-state index contributed by atoms with van der Waals surface area (Å²) in [5.41, 5.74) is 1.50. The van der Waals surface area contributed by atoms with Crippen molar-refractivity contribution in [1.82, 2.24) is 14.9 Å². The van der Waals surface area contributed by atoms with Crippen LogP contribution in [0.15, 0.2) is 72.3 Å². The van der Waals surface area contributed by atoms with Crippen LogP contribution in [0.5, 0.6) is 0 Å². The summed E-state index contributed by atoms with van der Waals surface area (Å²) in [4.78, 5) is 28.7. The highest BCUT2D eigenvalue weighted by molar-refractivity contribution is 7.18. The zero-order chi connectivity index (χ0) is 27.7. The maximum Gasteiger partial charge on any atom is 0.253 e. The minimum absolute atomic E-state index is 0.0306. The predicted molar refractivity (Wildman–Crippen MR) is 159 cm³/mol. The molecule has 8 nitrogen and oxygen atoms in total. The van der Waals surface area contributed by atoms with E-state index in [-0.39, 0.29) is 18.0 Å². The number of aryl methyl sites for hydroxylation is 1. The Kier molecular flexibility index (Phi) is 10.5. The summed E-state index contributed by atoms with van der Waals surface area (Å²) in [5, 5.41) is 11.5. The van der Waals surface area contributed by atoms with Gasteiger partial charge in [0.15, 0.2) is 0 Å². The van der Waals surface area contributed by atoms with Crippen molar-refractivity contribution in [3.8, 4) is 0 Å². The Hall–Kier alpha value is -3.59. The van der Waals surface area contributed by atoms with Gasteiger partial charge in [0.2, 0.25) is 0 Å². The molecule has 202 valence electrons. The first-order chi connectivity index (χ1) is 18.4. The molecule has 1 aromatic carbocycles. The SMILES string of the molecule is C=CC(C)N=NN(c1ccc(C(=O)N2CCN(c3ncnc4sc(CC)cc34)CC2)cc1)C(C)C=C.CC. The summed E-state index contributed by atoms with van der Waals surface area (Å²) < 4.78 is 0. The molecule has 1 saturated heterocycles. The molecule has 0 spiro atoms. The molecule has 1 amide bonds. The average molecular weight is 534 g/mol. The van der Waals surface area contributed by atoms with Crippen LogP contribution < -0.4 is 9.91 Å². The van der Waals surface area contributed by atoms with E-state index in [1.54, 1.807) is 34.8 Å². The van der Waals surface area contributed by atoms with Crippen molar-refractivity contribution in [2.45, 2.75) is 53.1 Å². The molecule has 2 aromatic heterocycles. The fraction of sp³-hybridized carbons (Fsp3) is 0.414. The van der Waals surface area contributed by atoms with Crippen molar-refractivity contribution in [3.63, 3.8) is 0 Å². The third-order valence-corrected chi connectivity index (χ3v) is 7.54. The lowest BCUT2D eigenvalue weighted by molar-refractivity contribution is 0.0746. The van der Waals surface area contributed by atoms with Crippen molar-refractivity contribution >= 4 is 39.0 Å². The van der Waals surface area contributed by atoms with E-state index in [0.717, 1.165) is 41.2 Å². The smallest absolute Gasteiger partial charge is 0.253 e. The standard InChI is InChI=1S/C27H33N7OS.C2H6/c1-6-19(4)30-31-34(20(5)7-2)22-11-9-21(10-12-22)27(35)33-15-13-32(14-16-33)25-24-17-23(8-3)36-26(24)29-18-28-25;1-2/h6-7,9-12,17-20H,1-2,8,13-16H2,3-5H3;1-2H3. The van der Waals surface area contributed by atoms with E-state index in [1.165, 1.54) is 4.88 Å². The van der Waals surface area contributed by atoms with Crippen LogP contribution >= 0.6 is 11.3 Å². The van der Waals surface area contributed by atoms with Gasteiger partial charge in [-0.1, -0.05) is 38.1 Å². The van der Waals surface area contributed by atoms with Crippen LogP contribution in [0.1, 0.15) is 49.9 Å². The Bertz CT molecular complexity index is 1250. The van der Waals surface area contributed by atoms with E-state index in [1.807, 2.05) is 56.9 Å². The van der Waals surface area contributed by atoms with Gasteiger partial charge in [0.1, 0.15) is 17.0 Å². The van der Waals surface area contributed by atoms with Gasteiger partial charge in [-0.3, -0.25) is 4.79 Å². The monoisotopic (exact) mass is 533 g/mol. The first-order valence-electron chi connectivity index (χ1n) is 13.3. The number of fused-ring (bicyclic) bond motifs is 1. The Labute approximate surface area is 230 Å². The third kappa shape index (κ3) is 6.64. The Morgan fingerprint density at radius 1 is 1.11 bits per heavy atom. The number of carbonyl (C=O) groups is 1. The normalized spacial score (nSPS) is 15.1. The van der Waals surface area contributed by atoms with E-state index in [4.69, 9.17) is 0 Å². The molecule has 2 atom stereocenters. The minimum Gasteiger partial charge on any atom is -0.352 e. The van der Waals surface area contributed by atoms with Crippen LogP contribution in [-0.2, 0) is 6.42 Å². The van der Waals surface area contributed by atoms with Gasteiger partial charge in [0.05, 0.1) is 23.2 Å². The highest BCUT2D eigenvalue weighted by Gasteiger charge is 2.25. The average Bonchev–Trinajstić information content (AvgIpc) is 3.42. The zero-order valence-corrected chi connectivity index (χ0v) is 24.0. The van der Waals surface area contributed by atoms with Crippen molar-refractivity contribution in [2.75, 3.05) is 36.1 Å². The number of rotatable bonds is 9. The van der Waals surface area contributed by atoms with Gasteiger partial charge in [-0.05, 0) is 50.6 Å². The molecule has 4 rings (SSSR count). The fourth-order valence-corrected chi connectivity index (χ4v) is 4.96. The van der Waals surface area contributed by atoms with Crippen molar-refractivity contribution in [2.24, 2.45) is 10.3 Å². The van der Waals surface area contributed by atoms with Gasteiger partial charge in [0, 0.05) is 36.6 Å². The molecule has 1 aliphatic heterocycles. The van der Waals surface area contributed by atoms with Gasteiger partial charge in [-0.2, -0.15) is 5.11 Å². The molecular formula is C29H39N7OS. The second kappa shape index (κ2) is 13.8. The van der Waals surface area contributed by atoms with E-state index in [2.05, 4.69) is 51.4 Å². The molecule has 3 aromatic rings. The summed E-state index contributed by atoms with van der Waals surface area (Å²) >= 11 is 1.72. The topological polar surface area (TPSA) is 77.3 Å². The molecule has 1 fully saturated rings. The third-order valence-electron chi connectivity index (χ3n) is 6.35. The highest BCUT2D eigenvalue weighted by atomic mass is 32.1. The number of piperazine rings is 1. The largest absolute Gasteiger partial charge is 0.352 e. The second-order valence-corrected chi connectivity index (χ2v) is 9.93. The van der Waals surface area contributed by atoms with Gasteiger partial charge in [-0.15, -0.1) is 24.5 Å². The fourth-order valence-electron chi connectivity index (χ4n) is 4.03. The first-order valence-corrected chi connectivity index (χ1v) is 14.1. The van der Waals surface area contributed by atoms with E-state index in [0.29, 0.717) is 18.7 Å². The first kappa shape index (κ1) is 29.0. The highest BCUT2D eigenvalue weighted by Crippen LogP contribution is 2.31. The number of benzene rings is 1. The Morgan fingerprint density at radius 2 is 1.79 bits per heavy atom. The molecule has 3 heterocycles. The van der Waals surface area contributed by atoms with Crippen LogP contribution in [0.25, 0.3) is 10.2 Å². The number of nitrogens with zero attached hydrogens (tertiary/aromatic N) is 7.